The zero-order valence-electron chi connectivity index (χ0n) is 7.22. The molecule has 0 heterocycles. The van der Waals surface area contributed by atoms with E-state index in [0.29, 0.717) is 6.54 Å². The Bertz CT molecular complexity index is 98.4. The number of hydrogen-bond acceptors (Lipinski definition) is 2. The van der Waals surface area contributed by atoms with E-state index in [9.17, 15) is 4.79 Å². The van der Waals surface area contributed by atoms with Gasteiger partial charge < -0.3 is 10.4 Å². The van der Waals surface area contributed by atoms with E-state index in [-0.39, 0.29) is 0 Å². The van der Waals surface area contributed by atoms with E-state index in [1.165, 1.54) is 4.43 Å². The zero-order chi connectivity index (χ0) is 9.28. The molecule has 0 aliphatic rings. The number of hydrogen-bond donors (Lipinski definition) is 2. The van der Waals surface area contributed by atoms with Gasteiger partial charge in [0.15, 0.2) is 0 Å². The van der Waals surface area contributed by atoms with Crippen LogP contribution in [0.15, 0.2) is 0 Å². The molecule has 0 aromatic carbocycles. The molecule has 0 bridgehead atoms. The lowest BCUT2D eigenvalue weighted by Gasteiger charge is -2.03. The fourth-order valence-corrected chi connectivity index (χ4v) is 0.393. The van der Waals surface area contributed by atoms with Crippen molar-refractivity contribution in [2.75, 3.05) is 11.0 Å². The Morgan fingerprint density at radius 3 is 2.09 bits per heavy atom. The molecule has 68 valence electrons. The maximum atomic E-state index is 10.0. The van der Waals surface area contributed by atoms with E-state index >= 15 is 0 Å². The molecule has 0 radical (unpaired) electrons. The molecule has 1 atom stereocenters. The van der Waals surface area contributed by atoms with Crippen LogP contribution in [0.25, 0.3) is 0 Å². The molecule has 11 heavy (non-hydrogen) atoms. The second kappa shape index (κ2) is 10.2. The Balaban J connectivity index is 0. The van der Waals surface area contributed by atoms with E-state index in [0.717, 1.165) is 0 Å². The van der Waals surface area contributed by atoms with Gasteiger partial charge in [0.25, 0.3) is 0 Å². The monoisotopic (exact) mass is 273 g/mol. The minimum atomic E-state index is -0.799. The summed E-state index contributed by atoms with van der Waals surface area (Å²) in [5.41, 5.74) is 0. The third kappa shape index (κ3) is 13.2. The molecule has 4 heteroatoms. The number of halogens is 1. The quantitative estimate of drug-likeness (QED) is 0.605. The van der Waals surface area contributed by atoms with Crippen molar-refractivity contribution in [3.05, 3.63) is 0 Å². The van der Waals surface area contributed by atoms with E-state index in [4.69, 9.17) is 5.11 Å². The van der Waals surface area contributed by atoms with Crippen molar-refractivity contribution in [3.63, 3.8) is 0 Å². The predicted molar refractivity (Wildman–Crippen MR) is 55.3 cm³/mol. The van der Waals surface area contributed by atoms with Gasteiger partial charge in [0.1, 0.15) is 6.04 Å². The molecule has 2 N–H and O–H groups in total. The summed E-state index contributed by atoms with van der Waals surface area (Å²) in [7, 11) is 0. The average molecular weight is 273 g/mol. The van der Waals surface area contributed by atoms with Gasteiger partial charge in [0.2, 0.25) is 0 Å². The number of nitrogens with one attached hydrogen (secondary N) is 1. The van der Waals surface area contributed by atoms with Crippen LogP contribution in [0.5, 0.6) is 0 Å². The van der Waals surface area contributed by atoms with E-state index in [1.54, 1.807) is 6.92 Å². The van der Waals surface area contributed by atoms with Crippen LogP contribution in [-0.2, 0) is 4.79 Å². The van der Waals surface area contributed by atoms with Gasteiger partial charge in [0, 0.05) is 0 Å². The molecule has 3 nitrogen and oxygen atoms in total. The molecule has 0 amide bonds. The van der Waals surface area contributed by atoms with Crippen molar-refractivity contribution in [1.82, 2.24) is 5.32 Å². The Morgan fingerprint density at radius 1 is 1.64 bits per heavy atom. The molecule has 0 fully saturated rings. The largest absolute Gasteiger partial charge is 0.480 e. The highest BCUT2D eigenvalue weighted by molar-refractivity contribution is 14.1. The first-order chi connectivity index (χ1) is 5.09. The first-order valence-electron chi connectivity index (χ1n) is 3.62. The highest BCUT2D eigenvalue weighted by Gasteiger charge is 2.06. The fourth-order valence-electron chi connectivity index (χ4n) is 0.393. The van der Waals surface area contributed by atoms with Crippen LogP contribution in [0.4, 0.5) is 0 Å². The maximum Gasteiger partial charge on any atom is 0.320 e. The van der Waals surface area contributed by atoms with Crippen molar-refractivity contribution in [2.24, 2.45) is 0 Å². The summed E-state index contributed by atoms with van der Waals surface area (Å²) >= 11 is 2.29. The fraction of sp³-hybridized carbons (Fsp3) is 0.857. The van der Waals surface area contributed by atoms with Crippen LogP contribution in [0, 0.1) is 0 Å². The molecule has 0 saturated heterocycles. The van der Waals surface area contributed by atoms with Crippen molar-refractivity contribution < 1.29 is 9.90 Å². The highest BCUT2D eigenvalue weighted by Crippen LogP contribution is 1.77. The summed E-state index contributed by atoms with van der Waals surface area (Å²) in [5, 5.41) is 11.0. The number of carboxylic acid groups (broad SMARTS) is 1. The maximum absolute atomic E-state index is 10.0. The topological polar surface area (TPSA) is 49.3 Å². The van der Waals surface area contributed by atoms with Crippen LogP contribution in [0.2, 0.25) is 0 Å². The lowest BCUT2D eigenvalue weighted by Crippen LogP contribution is -2.33. The SMILES string of the molecule is CCI.CCN[C@@H](C)C(=O)O. The second-order valence-corrected chi connectivity index (χ2v) is 3.41. The Hall–Kier alpha value is 0.160. The summed E-state index contributed by atoms with van der Waals surface area (Å²) < 4.78 is 1.22. The minimum Gasteiger partial charge on any atom is -0.480 e. The molecule has 0 aliphatic heterocycles. The molecular weight excluding hydrogens is 257 g/mol. The normalized spacial score (nSPS) is 11.3. The summed E-state index contributed by atoms with van der Waals surface area (Å²) in [6.45, 7) is 6.30. The number of carbonyl (C=O) groups is 1. The Labute approximate surface area is 81.7 Å². The Morgan fingerprint density at radius 2 is 2.00 bits per heavy atom. The highest BCUT2D eigenvalue weighted by atomic mass is 127. The molecule has 0 aliphatic carbocycles. The number of rotatable bonds is 3. The number of carboxylic acids is 1. The first-order valence-corrected chi connectivity index (χ1v) is 5.14. The lowest BCUT2D eigenvalue weighted by molar-refractivity contribution is -0.138. The van der Waals surface area contributed by atoms with Gasteiger partial charge in [-0.15, -0.1) is 0 Å². The van der Waals surface area contributed by atoms with Crippen molar-refractivity contribution in [3.8, 4) is 0 Å². The van der Waals surface area contributed by atoms with Crippen molar-refractivity contribution in [2.45, 2.75) is 26.8 Å². The molecule has 0 spiro atoms. The van der Waals surface area contributed by atoms with Crippen LogP contribution in [-0.4, -0.2) is 28.1 Å². The minimum absolute atomic E-state index is 0.417. The van der Waals surface area contributed by atoms with Gasteiger partial charge in [0.05, 0.1) is 0 Å². The second-order valence-electron chi connectivity index (χ2n) is 1.88. The van der Waals surface area contributed by atoms with Gasteiger partial charge in [-0.2, -0.15) is 0 Å². The third-order valence-electron chi connectivity index (χ3n) is 0.881. The number of likely N-dealkylation sites (N-methyl/N-ethyl adjacent to an activating group) is 1. The molecule has 0 aromatic heterocycles. The summed E-state index contributed by atoms with van der Waals surface area (Å²) in [6, 6.07) is -0.417. The first kappa shape index (κ1) is 13.7. The number of alkyl halides is 1. The Kier molecular flexibility index (Phi) is 12.7. The molecule has 0 saturated carbocycles. The van der Waals surface area contributed by atoms with E-state index in [1.807, 2.05) is 6.92 Å². The predicted octanol–water partition coefficient (Wildman–Crippen LogP) is 1.51. The smallest absolute Gasteiger partial charge is 0.320 e. The molecule has 0 rings (SSSR count). The van der Waals surface area contributed by atoms with Gasteiger partial charge in [-0.25, -0.2) is 0 Å². The van der Waals surface area contributed by atoms with Crippen LogP contribution in [0.1, 0.15) is 20.8 Å². The summed E-state index contributed by atoms with van der Waals surface area (Å²) in [4.78, 5) is 10.0. The van der Waals surface area contributed by atoms with Crippen LogP contribution in [0.3, 0.4) is 0 Å². The molecule has 0 aromatic rings. The van der Waals surface area contributed by atoms with Crippen molar-refractivity contribution >= 4 is 28.6 Å². The molecule has 0 unspecified atom stereocenters. The van der Waals surface area contributed by atoms with Crippen molar-refractivity contribution in [1.29, 1.82) is 0 Å². The average Bonchev–Trinajstić information content (AvgIpc) is 1.90. The number of aliphatic carboxylic acids is 1. The standard InChI is InChI=1S/C5H11NO2.C2H5I/c1-3-6-4(2)5(7)8;1-2-3/h4,6H,3H2,1-2H3,(H,7,8);2H2,1H3/t4-;/m0./s1. The van der Waals surface area contributed by atoms with Gasteiger partial charge in [-0.3, -0.25) is 4.79 Å². The third-order valence-corrected chi connectivity index (χ3v) is 0.881. The van der Waals surface area contributed by atoms with E-state index in [2.05, 4.69) is 34.8 Å². The summed E-state index contributed by atoms with van der Waals surface area (Å²) in [6.07, 6.45) is 0. The van der Waals surface area contributed by atoms with Gasteiger partial charge in [-0.05, 0) is 17.9 Å². The van der Waals surface area contributed by atoms with Crippen LogP contribution < -0.4 is 5.32 Å². The lowest BCUT2D eigenvalue weighted by atomic mass is 10.3. The van der Waals surface area contributed by atoms with Crippen LogP contribution >= 0.6 is 22.6 Å². The molecular formula is C7H16INO2. The summed E-state index contributed by atoms with van der Waals surface area (Å²) in [5.74, 6) is -0.799. The van der Waals surface area contributed by atoms with E-state index < -0.39 is 12.0 Å². The zero-order valence-corrected chi connectivity index (χ0v) is 9.38. The van der Waals surface area contributed by atoms with Gasteiger partial charge in [-0.1, -0.05) is 36.4 Å². The van der Waals surface area contributed by atoms with Gasteiger partial charge >= 0.3 is 5.97 Å².